The quantitative estimate of drug-likeness (QED) is 0.183. The van der Waals surface area contributed by atoms with Gasteiger partial charge < -0.3 is 25.2 Å². The second kappa shape index (κ2) is 8.95. The molecule has 0 spiro atoms. The van der Waals surface area contributed by atoms with Crippen LogP contribution in [0.25, 0.3) is 0 Å². The SMILES string of the molecule is CN(CCCC(=O)c1ccc[n+]([C@@H]2O[C@H](C(=O)O)[C@@H](O)[C@H](O)[C@H]2O)c1)N=O. The Morgan fingerprint density at radius 3 is 2.59 bits per heavy atom. The van der Waals surface area contributed by atoms with Gasteiger partial charge in [0.15, 0.2) is 30.4 Å². The van der Waals surface area contributed by atoms with Crippen molar-refractivity contribution in [1.82, 2.24) is 5.01 Å². The molecule has 0 radical (unpaired) electrons. The van der Waals surface area contributed by atoms with Gasteiger partial charge in [-0.05, 0) is 12.5 Å². The summed E-state index contributed by atoms with van der Waals surface area (Å²) in [4.78, 5) is 33.8. The van der Waals surface area contributed by atoms with Crippen molar-refractivity contribution in [2.24, 2.45) is 5.29 Å². The molecule has 2 rings (SSSR count). The Labute approximate surface area is 154 Å². The molecule has 0 bridgehead atoms. The molecule has 1 aromatic heterocycles. The van der Waals surface area contributed by atoms with E-state index in [1.165, 1.54) is 41.2 Å². The first kappa shape index (κ1) is 20.8. The maximum Gasteiger partial charge on any atom is 0.335 e. The Hall–Kier alpha value is -2.47. The predicted octanol–water partition coefficient (Wildman–Crippen LogP) is -1.39. The molecule has 0 unspecified atom stereocenters. The first-order valence-corrected chi connectivity index (χ1v) is 8.27. The highest BCUT2D eigenvalue weighted by Crippen LogP contribution is 2.25. The number of aliphatic hydroxyl groups excluding tert-OH is 3. The Kier molecular flexibility index (Phi) is 6.91. The zero-order valence-electron chi connectivity index (χ0n) is 14.6. The molecular weight excluding hydrogens is 362 g/mol. The number of ketones is 1. The number of Topliss-reactive ketones (excluding diaryl/α,β-unsaturated/α-hetero) is 1. The van der Waals surface area contributed by atoms with Gasteiger partial charge in [0.2, 0.25) is 0 Å². The van der Waals surface area contributed by atoms with Crippen molar-refractivity contribution in [3.63, 3.8) is 0 Å². The fraction of sp³-hybridized carbons (Fsp3) is 0.562. The fourth-order valence-electron chi connectivity index (χ4n) is 2.78. The van der Waals surface area contributed by atoms with Crippen molar-refractivity contribution >= 4 is 11.8 Å². The number of pyridine rings is 1. The summed E-state index contributed by atoms with van der Waals surface area (Å²) < 4.78 is 6.49. The van der Waals surface area contributed by atoms with E-state index >= 15 is 0 Å². The van der Waals surface area contributed by atoms with Crippen molar-refractivity contribution in [3.8, 4) is 0 Å². The lowest BCUT2D eigenvalue weighted by Crippen LogP contribution is -2.63. The van der Waals surface area contributed by atoms with Crippen molar-refractivity contribution < 1.29 is 39.3 Å². The topological polar surface area (TPSA) is 161 Å². The molecule has 0 amide bonds. The number of rotatable bonds is 8. The van der Waals surface area contributed by atoms with Crippen LogP contribution in [0.15, 0.2) is 29.8 Å². The number of aliphatic carboxylic acids is 1. The highest BCUT2D eigenvalue weighted by Gasteiger charge is 2.51. The molecule has 1 fully saturated rings. The molecule has 0 saturated carbocycles. The third kappa shape index (κ3) is 4.83. The molecule has 1 aliphatic rings. The summed E-state index contributed by atoms with van der Waals surface area (Å²) in [5.41, 5.74) is 0.280. The molecule has 11 heteroatoms. The van der Waals surface area contributed by atoms with Gasteiger partial charge in [-0.15, -0.1) is 4.91 Å². The van der Waals surface area contributed by atoms with Crippen LogP contribution >= 0.6 is 0 Å². The maximum atomic E-state index is 12.3. The molecule has 11 nitrogen and oxygen atoms in total. The third-order valence-electron chi connectivity index (χ3n) is 4.29. The Balaban J connectivity index is 2.14. The number of aromatic nitrogens is 1. The van der Waals surface area contributed by atoms with E-state index in [9.17, 15) is 29.8 Å². The molecule has 27 heavy (non-hydrogen) atoms. The number of nitrogens with zero attached hydrogens (tertiary/aromatic N) is 3. The van der Waals surface area contributed by atoms with Gasteiger partial charge >= 0.3 is 5.97 Å². The van der Waals surface area contributed by atoms with E-state index < -0.39 is 36.6 Å². The minimum atomic E-state index is -1.79. The predicted molar refractivity (Wildman–Crippen MR) is 88.2 cm³/mol. The molecule has 0 aliphatic carbocycles. The highest BCUT2D eigenvalue weighted by molar-refractivity contribution is 5.95. The van der Waals surface area contributed by atoms with Gasteiger partial charge in [0, 0.05) is 26.1 Å². The normalized spacial score (nSPS) is 27.8. The lowest BCUT2D eigenvalue weighted by atomic mass is 9.97. The molecule has 1 aliphatic heterocycles. The van der Waals surface area contributed by atoms with Crippen LogP contribution in [0.4, 0.5) is 0 Å². The second-order valence-corrected chi connectivity index (χ2v) is 6.29. The highest BCUT2D eigenvalue weighted by atomic mass is 16.6. The number of hydrogen-bond acceptors (Lipinski definition) is 8. The van der Waals surface area contributed by atoms with E-state index in [2.05, 4.69) is 5.29 Å². The average molecular weight is 384 g/mol. The van der Waals surface area contributed by atoms with E-state index in [-0.39, 0.29) is 17.8 Å². The van der Waals surface area contributed by atoms with Gasteiger partial charge in [-0.1, -0.05) is 0 Å². The maximum absolute atomic E-state index is 12.3. The van der Waals surface area contributed by atoms with Crippen molar-refractivity contribution in [3.05, 3.63) is 35.0 Å². The van der Waals surface area contributed by atoms with Gasteiger partial charge in [-0.3, -0.25) is 9.80 Å². The van der Waals surface area contributed by atoms with E-state index in [4.69, 9.17) is 9.84 Å². The standard InChI is InChI=1S/C16H21N3O8/c1-18(17-26)6-3-5-10(20)9-4-2-7-19(8-9)15-13(23)11(21)12(22)14(27-15)16(24)25/h2,4,7-8,11-15,21-23H,3,5-6H2,1H3/p+1/t11-,12-,13+,14-,15+/m0/s1. The zero-order chi connectivity index (χ0) is 20.1. The summed E-state index contributed by atoms with van der Waals surface area (Å²) in [6, 6.07) is 3.05. The minimum Gasteiger partial charge on any atom is -0.479 e. The molecular formula is C16H22N3O8+. The number of carboxylic acid groups (broad SMARTS) is 1. The van der Waals surface area contributed by atoms with Crippen molar-refractivity contribution in [2.45, 2.75) is 43.5 Å². The second-order valence-electron chi connectivity index (χ2n) is 6.29. The summed E-state index contributed by atoms with van der Waals surface area (Å²) in [5.74, 6) is -1.72. The van der Waals surface area contributed by atoms with Gasteiger partial charge in [0.1, 0.15) is 12.2 Å². The number of carboxylic acids is 1. The van der Waals surface area contributed by atoms with E-state index in [0.717, 1.165) is 0 Å². The van der Waals surface area contributed by atoms with Crippen LogP contribution in [-0.2, 0) is 9.53 Å². The molecule has 5 atom stereocenters. The van der Waals surface area contributed by atoms with Crippen LogP contribution in [0.5, 0.6) is 0 Å². The number of nitroso groups, excluding NO2 is 1. The van der Waals surface area contributed by atoms with Crippen LogP contribution in [0.1, 0.15) is 29.4 Å². The van der Waals surface area contributed by atoms with Crippen molar-refractivity contribution in [2.75, 3.05) is 13.6 Å². The summed E-state index contributed by atoms with van der Waals surface area (Å²) in [6.07, 6.45) is -4.79. The summed E-state index contributed by atoms with van der Waals surface area (Å²) >= 11 is 0. The van der Waals surface area contributed by atoms with Crippen LogP contribution in [0, 0.1) is 4.91 Å². The van der Waals surface area contributed by atoms with Gasteiger partial charge in [-0.2, -0.15) is 4.57 Å². The van der Waals surface area contributed by atoms with Crippen LogP contribution < -0.4 is 4.57 Å². The summed E-state index contributed by atoms with van der Waals surface area (Å²) in [5, 5.41) is 42.8. The molecule has 1 saturated heterocycles. The van der Waals surface area contributed by atoms with Gasteiger partial charge in [-0.25, -0.2) is 4.79 Å². The number of ether oxygens (including phenoxy) is 1. The molecule has 2 heterocycles. The fourth-order valence-corrected chi connectivity index (χ4v) is 2.78. The largest absolute Gasteiger partial charge is 0.479 e. The van der Waals surface area contributed by atoms with Gasteiger partial charge in [0.25, 0.3) is 6.23 Å². The lowest BCUT2D eigenvalue weighted by molar-refractivity contribution is -0.777. The Morgan fingerprint density at radius 2 is 1.96 bits per heavy atom. The monoisotopic (exact) mass is 384 g/mol. The number of carbonyl (C=O) groups is 2. The van der Waals surface area contributed by atoms with E-state index in [0.29, 0.717) is 13.0 Å². The van der Waals surface area contributed by atoms with Crippen LogP contribution in [0.3, 0.4) is 0 Å². The lowest BCUT2D eigenvalue weighted by Gasteiger charge is -2.35. The van der Waals surface area contributed by atoms with E-state index in [1.807, 2.05) is 0 Å². The first-order valence-electron chi connectivity index (χ1n) is 8.27. The minimum absolute atomic E-state index is 0.150. The smallest absolute Gasteiger partial charge is 0.335 e. The molecule has 1 aromatic rings. The number of hydrogen-bond donors (Lipinski definition) is 4. The summed E-state index contributed by atoms with van der Waals surface area (Å²) in [7, 11) is 1.49. The number of carbonyl (C=O) groups excluding carboxylic acids is 1. The molecule has 148 valence electrons. The Morgan fingerprint density at radius 1 is 1.26 bits per heavy atom. The van der Waals surface area contributed by atoms with E-state index in [1.54, 1.807) is 0 Å². The van der Waals surface area contributed by atoms with Crippen LogP contribution in [0.2, 0.25) is 0 Å². The van der Waals surface area contributed by atoms with Crippen molar-refractivity contribution in [1.29, 1.82) is 0 Å². The molecule has 4 N–H and O–H groups in total. The first-order chi connectivity index (χ1) is 12.8. The van der Waals surface area contributed by atoms with Crippen LogP contribution in [-0.4, -0.2) is 75.2 Å². The Bertz CT molecular complexity index is 700. The number of aliphatic hydroxyl groups is 3. The summed E-state index contributed by atoms with van der Waals surface area (Å²) in [6.45, 7) is 0.316. The van der Waals surface area contributed by atoms with Gasteiger partial charge in [0.05, 0.1) is 10.8 Å². The third-order valence-corrected chi connectivity index (χ3v) is 4.29. The zero-order valence-corrected chi connectivity index (χ0v) is 14.6. The molecule has 0 aromatic carbocycles. The average Bonchev–Trinajstić information content (AvgIpc) is 2.65.